The predicted molar refractivity (Wildman–Crippen MR) is 187 cm³/mol. The van der Waals surface area contributed by atoms with Crippen LogP contribution in [0.15, 0.2) is 157 Å². The Kier molecular flexibility index (Phi) is 9.96. The summed E-state index contributed by atoms with van der Waals surface area (Å²) in [6, 6.07) is 43.1. The number of rotatable bonds is 12. The molecule has 0 N–H and O–H groups in total. The van der Waals surface area contributed by atoms with Crippen molar-refractivity contribution in [1.82, 2.24) is 0 Å². The van der Waals surface area contributed by atoms with Crippen LogP contribution in [0.25, 0.3) is 0 Å². The molecule has 0 bridgehead atoms. The zero-order chi connectivity index (χ0) is 35.2. The fraction of sp³-hybridized carbons (Fsp3) is 0.171. The van der Waals surface area contributed by atoms with E-state index in [1.165, 1.54) is 11.8 Å². The first-order valence-corrected chi connectivity index (χ1v) is 17.2. The zero-order valence-electron chi connectivity index (χ0n) is 27.1. The third kappa shape index (κ3) is 7.42. The lowest BCUT2D eigenvalue weighted by Gasteiger charge is -2.28. The van der Waals surface area contributed by atoms with Crippen molar-refractivity contribution in [3.8, 4) is 0 Å². The van der Waals surface area contributed by atoms with Crippen LogP contribution in [-0.2, 0) is 23.7 Å². The highest BCUT2D eigenvalue weighted by Crippen LogP contribution is 2.67. The van der Waals surface area contributed by atoms with Gasteiger partial charge < -0.3 is 23.7 Å². The molecule has 3 unspecified atom stereocenters. The highest BCUT2D eigenvalue weighted by Gasteiger charge is 2.83. The maximum atomic E-state index is 13.7. The van der Waals surface area contributed by atoms with Crippen molar-refractivity contribution in [3.05, 3.63) is 174 Å². The van der Waals surface area contributed by atoms with Crippen LogP contribution in [0.2, 0.25) is 0 Å². The molecule has 2 aliphatic rings. The fourth-order valence-corrected chi connectivity index (χ4v) is 7.39. The van der Waals surface area contributed by atoms with Crippen molar-refractivity contribution in [3.63, 3.8) is 0 Å². The predicted octanol–water partition coefficient (Wildman–Crippen LogP) is 7.24. The number of benzene rings is 5. The first kappa shape index (κ1) is 33.8. The molecule has 1 heterocycles. The molecule has 0 spiro atoms. The van der Waals surface area contributed by atoms with Crippen LogP contribution in [0.3, 0.4) is 0 Å². The average molecular weight is 701 g/mol. The van der Waals surface area contributed by atoms with E-state index in [0.717, 1.165) is 4.90 Å². The summed E-state index contributed by atoms with van der Waals surface area (Å²) in [6.07, 6.45) is -2.14. The van der Waals surface area contributed by atoms with Gasteiger partial charge in [-0.15, -0.1) is 0 Å². The number of hydrogen-bond acceptors (Lipinski definition) is 10. The van der Waals surface area contributed by atoms with Gasteiger partial charge in [0, 0.05) is 4.90 Å². The van der Waals surface area contributed by atoms with E-state index >= 15 is 0 Å². The first-order valence-electron chi connectivity index (χ1n) is 16.3. The van der Waals surface area contributed by atoms with Crippen molar-refractivity contribution in [2.75, 3.05) is 6.61 Å². The van der Waals surface area contributed by atoms with Crippen LogP contribution in [-0.4, -0.2) is 53.9 Å². The van der Waals surface area contributed by atoms with Gasteiger partial charge in [0.05, 0.1) is 34.1 Å². The summed E-state index contributed by atoms with van der Waals surface area (Å²) in [5.74, 6) is -6.00. The normalized spacial score (nSPS) is 22.1. The second-order valence-electron chi connectivity index (χ2n) is 12.0. The van der Waals surface area contributed by atoms with E-state index in [4.69, 9.17) is 23.7 Å². The molecule has 5 aromatic rings. The number of esters is 4. The first-order chi connectivity index (χ1) is 24.9. The second-order valence-corrected chi connectivity index (χ2v) is 13.1. The lowest BCUT2D eigenvalue weighted by Crippen LogP contribution is -2.38. The number of carbonyl (C=O) groups is 4. The lowest BCUT2D eigenvalue weighted by atomic mass is 10.1. The van der Waals surface area contributed by atoms with Gasteiger partial charge in [0.1, 0.15) is 24.3 Å². The van der Waals surface area contributed by atoms with E-state index in [1.807, 2.05) is 30.3 Å². The molecule has 1 aliphatic heterocycles. The average Bonchev–Trinajstić information content (AvgIpc) is 3.71. The molecule has 256 valence electrons. The van der Waals surface area contributed by atoms with E-state index < -0.39 is 65.8 Å². The molecular formula is C41H32O9S. The number of ether oxygens (including phenoxy) is 5. The summed E-state index contributed by atoms with van der Waals surface area (Å²) in [5.41, 5.74) is 0.341. The highest BCUT2D eigenvalue weighted by atomic mass is 32.2. The number of thioether (sulfide) groups is 1. The molecule has 0 amide bonds. The Bertz CT molecular complexity index is 1980. The number of carbonyl (C=O) groups excluding carboxylic acids is 4. The summed E-state index contributed by atoms with van der Waals surface area (Å²) < 4.78 is 30.8. The van der Waals surface area contributed by atoms with Crippen LogP contribution in [0.5, 0.6) is 0 Å². The summed E-state index contributed by atoms with van der Waals surface area (Å²) in [5, 5.41) is 0. The Balaban J connectivity index is 1.25. The van der Waals surface area contributed by atoms with Gasteiger partial charge >= 0.3 is 23.9 Å². The van der Waals surface area contributed by atoms with Crippen LogP contribution >= 0.6 is 11.8 Å². The minimum Gasteiger partial charge on any atom is -0.458 e. The largest absolute Gasteiger partial charge is 0.458 e. The third-order valence-corrected chi connectivity index (χ3v) is 9.84. The van der Waals surface area contributed by atoms with Crippen molar-refractivity contribution >= 4 is 35.6 Å². The Labute approximate surface area is 298 Å². The van der Waals surface area contributed by atoms with E-state index in [9.17, 15) is 19.2 Å². The zero-order valence-corrected chi connectivity index (χ0v) is 27.9. The van der Waals surface area contributed by atoms with E-state index in [1.54, 1.807) is 121 Å². The van der Waals surface area contributed by atoms with Gasteiger partial charge in [0.15, 0.2) is 0 Å². The van der Waals surface area contributed by atoms with Gasteiger partial charge in [-0.05, 0) is 60.7 Å². The third-order valence-electron chi connectivity index (χ3n) is 8.70. The molecular weight excluding hydrogens is 669 g/mol. The second kappa shape index (κ2) is 15.0. The molecule has 1 saturated carbocycles. The lowest BCUT2D eigenvalue weighted by molar-refractivity contribution is -0.153. The van der Waals surface area contributed by atoms with Gasteiger partial charge in [-0.25, -0.2) is 19.2 Å². The molecule has 1 saturated heterocycles. The van der Waals surface area contributed by atoms with E-state index in [0.29, 0.717) is 11.1 Å². The summed E-state index contributed by atoms with van der Waals surface area (Å²) in [6.45, 7) is -0.392. The van der Waals surface area contributed by atoms with Crippen molar-refractivity contribution in [2.45, 2.75) is 28.3 Å². The summed E-state index contributed by atoms with van der Waals surface area (Å²) in [4.78, 5) is 54.7. The highest BCUT2D eigenvalue weighted by molar-refractivity contribution is 7.99. The molecule has 5 aromatic carbocycles. The van der Waals surface area contributed by atoms with Crippen LogP contribution < -0.4 is 0 Å². The quantitative estimate of drug-likeness (QED) is 0.0975. The van der Waals surface area contributed by atoms with Crippen molar-refractivity contribution < 1.29 is 42.9 Å². The molecule has 0 radical (unpaired) electrons. The minimum absolute atomic E-state index is 0.267. The van der Waals surface area contributed by atoms with Gasteiger partial charge in [-0.2, -0.15) is 0 Å². The van der Waals surface area contributed by atoms with Gasteiger partial charge in [0.2, 0.25) is 5.79 Å². The van der Waals surface area contributed by atoms with Crippen LogP contribution in [0, 0.1) is 11.8 Å². The van der Waals surface area contributed by atoms with E-state index in [2.05, 4.69) is 0 Å². The molecule has 6 atom stereocenters. The SMILES string of the molecule is O=C(OC[C@@H](OC(=O)c1ccccc1)[C@H]1C2C(OC(=O)c3ccccc3)[C@H](Sc3ccccc3)OC21OC(=O)c1ccccc1)c1ccccc1. The van der Waals surface area contributed by atoms with Crippen molar-refractivity contribution in [2.24, 2.45) is 11.8 Å². The Morgan fingerprint density at radius 2 is 1.04 bits per heavy atom. The summed E-state index contributed by atoms with van der Waals surface area (Å²) in [7, 11) is 0. The monoisotopic (exact) mass is 700 g/mol. The van der Waals surface area contributed by atoms with Gasteiger partial charge in [-0.1, -0.05) is 103 Å². The van der Waals surface area contributed by atoms with Crippen molar-refractivity contribution in [1.29, 1.82) is 0 Å². The minimum atomic E-state index is -1.71. The smallest absolute Gasteiger partial charge is 0.340 e. The molecule has 10 heteroatoms. The van der Waals surface area contributed by atoms with Crippen LogP contribution in [0.4, 0.5) is 0 Å². The molecule has 1 aliphatic carbocycles. The Morgan fingerprint density at radius 1 is 0.588 bits per heavy atom. The van der Waals surface area contributed by atoms with Gasteiger partial charge in [0.25, 0.3) is 0 Å². The maximum Gasteiger partial charge on any atom is 0.340 e. The Hall–Kier alpha value is -5.71. The maximum absolute atomic E-state index is 13.7. The summed E-state index contributed by atoms with van der Waals surface area (Å²) >= 11 is 1.31. The standard InChI is InChI=1S/C41H32O9S/c42-36(27-16-6-1-7-17-27)46-26-32(47-37(43)28-18-8-2-9-19-28)33-34-35(48-38(44)29-20-10-3-11-21-29)40(51-31-24-14-5-15-25-31)50-41(33,34)49-39(45)30-22-12-4-13-23-30/h1-25,32-35,40H,26H2/t32-,33+,34?,35?,40+,41?/m1/s1. The topological polar surface area (TPSA) is 114 Å². The van der Waals surface area contributed by atoms with E-state index in [-0.39, 0.29) is 11.1 Å². The van der Waals surface area contributed by atoms with Gasteiger partial charge in [-0.3, -0.25) is 0 Å². The van der Waals surface area contributed by atoms with Crippen LogP contribution in [0.1, 0.15) is 41.4 Å². The fourth-order valence-electron chi connectivity index (χ4n) is 6.25. The Morgan fingerprint density at radius 3 is 1.57 bits per heavy atom. The molecule has 0 aromatic heterocycles. The molecule has 51 heavy (non-hydrogen) atoms. The molecule has 2 fully saturated rings. The molecule has 9 nitrogen and oxygen atoms in total. The number of fused-ring (bicyclic) bond motifs is 1. The number of hydrogen-bond donors (Lipinski definition) is 0. The molecule has 7 rings (SSSR count).